The van der Waals surface area contributed by atoms with Crippen LogP contribution in [0.25, 0.3) is 0 Å². The normalized spacial score (nSPS) is 19.2. The van der Waals surface area contributed by atoms with Gasteiger partial charge in [-0.3, -0.25) is 4.52 Å². The van der Waals surface area contributed by atoms with E-state index in [1.165, 1.54) is 33.4 Å². The van der Waals surface area contributed by atoms with Gasteiger partial charge >= 0.3 is 8.60 Å². The summed E-state index contributed by atoms with van der Waals surface area (Å²) < 4.78 is 18.8. The van der Waals surface area contributed by atoms with E-state index in [-0.39, 0.29) is 11.5 Å². The highest BCUT2D eigenvalue weighted by Gasteiger charge is 2.30. The second kappa shape index (κ2) is 9.36. The lowest BCUT2D eigenvalue weighted by atomic mass is 9.85. The molecule has 0 saturated carbocycles. The number of hydrogen-bond donors (Lipinski definition) is 1. The van der Waals surface area contributed by atoms with Crippen molar-refractivity contribution in [2.45, 2.75) is 79.4 Å². The zero-order valence-corrected chi connectivity index (χ0v) is 20.4. The van der Waals surface area contributed by atoms with E-state index >= 15 is 0 Å². The van der Waals surface area contributed by atoms with Crippen LogP contribution >= 0.6 is 8.60 Å². The Kier molecular flexibility index (Phi) is 7.24. The maximum absolute atomic E-state index is 6.47. The minimum Gasteiger partial charge on any atom is -0.426 e. The van der Waals surface area contributed by atoms with Crippen LogP contribution in [0.15, 0.2) is 24.3 Å². The second-order valence-electron chi connectivity index (χ2n) is 8.80. The predicted octanol–water partition coefficient (Wildman–Crippen LogP) is 6.74. The number of nitrogens with two attached hydrogens (primary N) is 1. The van der Waals surface area contributed by atoms with E-state index in [9.17, 15) is 0 Å². The molecule has 2 aromatic rings. The molecule has 0 radical (unpaired) electrons. The van der Waals surface area contributed by atoms with Crippen LogP contribution in [-0.4, -0.2) is 12.1 Å². The van der Waals surface area contributed by atoms with Crippen LogP contribution in [-0.2, 0) is 15.7 Å². The fourth-order valence-electron chi connectivity index (χ4n) is 4.13. The molecule has 0 aliphatic carbocycles. The van der Waals surface area contributed by atoms with Gasteiger partial charge in [-0.1, -0.05) is 56.2 Å². The summed E-state index contributed by atoms with van der Waals surface area (Å²) in [6, 6.07) is 8.90. The van der Waals surface area contributed by atoms with Gasteiger partial charge in [-0.05, 0) is 62.8 Å². The van der Waals surface area contributed by atoms with Crippen LogP contribution < -0.4 is 10.3 Å². The molecule has 0 fully saturated rings. The third-order valence-corrected chi connectivity index (χ3v) is 7.39. The average Bonchev–Trinajstić information content (AvgIpc) is 2.75. The van der Waals surface area contributed by atoms with Gasteiger partial charge in [-0.25, -0.2) is 0 Å². The highest BCUT2D eigenvalue weighted by atomic mass is 31.2. The Balaban J connectivity index is 2.06. The Morgan fingerprint density at radius 3 is 2.23 bits per heavy atom. The number of rotatable bonds is 5. The fourth-order valence-corrected chi connectivity index (χ4v) is 5.31. The molecule has 2 unspecified atom stereocenters. The van der Waals surface area contributed by atoms with Crippen molar-refractivity contribution < 1.29 is 13.6 Å². The maximum atomic E-state index is 6.47. The fraction of sp³-hybridized carbons (Fsp3) is 0.520. The summed E-state index contributed by atoms with van der Waals surface area (Å²) in [4.78, 5) is 0. The van der Waals surface area contributed by atoms with Gasteiger partial charge in [0.2, 0.25) is 0 Å². The third-order valence-electron chi connectivity index (χ3n) is 6.38. The van der Waals surface area contributed by atoms with Crippen molar-refractivity contribution in [1.29, 1.82) is 0 Å². The Labute approximate surface area is 183 Å². The summed E-state index contributed by atoms with van der Waals surface area (Å²) in [6.45, 7) is 15.9. The van der Waals surface area contributed by atoms with Crippen LogP contribution in [0, 0.1) is 27.7 Å². The molecule has 0 amide bonds. The van der Waals surface area contributed by atoms with E-state index in [0.29, 0.717) is 13.2 Å². The van der Waals surface area contributed by atoms with Crippen molar-refractivity contribution in [1.82, 2.24) is 0 Å². The molecule has 3 rings (SSSR count). The van der Waals surface area contributed by atoms with Gasteiger partial charge in [-0.2, -0.15) is 0 Å². The maximum Gasteiger partial charge on any atom is 0.397 e. The van der Waals surface area contributed by atoms with Crippen molar-refractivity contribution in [3.8, 4) is 5.75 Å². The number of benzene rings is 2. The van der Waals surface area contributed by atoms with Gasteiger partial charge in [0.15, 0.2) is 0 Å². The van der Waals surface area contributed by atoms with Gasteiger partial charge in [0.1, 0.15) is 5.75 Å². The molecule has 164 valence electrons. The van der Waals surface area contributed by atoms with Gasteiger partial charge in [0.05, 0.1) is 13.2 Å². The topological polar surface area (TPSA) is 53.7 Å². The molecule has 0 aromatic heterocycles. The van der Waals surface area contributed by atoms with E-state index in [2.05, 4.69) is 72.7 Å². The molecule has 5 heteroatoms. The molecular weight excluding hydrogens is 393 g/mol. The molecule has 30 heavy (non-hydrogen) atoms. The SMILES string of the molecule is CCC(N)(CC)COP1OCc2c(C)cc(C)cc2C(C)c2cc(C)cc(C)c2O1. The molecule has 1 aliphatic rings. The molecular formula is C25H36NO3P. The Bertz CT molecular complexity index is 908. The summed E-state index contributed by atoms with van der Waals surface area (Å²) >= 11 is 0. The standard InChI is InChI=1S/C25H36NO3P/c1-8-25(26,9-2)15-28-30-27-14-23-18(5)10-16(3)12-21(23)20(7)22-13-17(4)11-19(6)24(22)29-30/h10-13,20H,8-9,14-15,26H2,1-7H3. The molecule has 0 bridgehead atoms. The third kappa shape index (κ3) is 4.89. The molecule has 2 aromatic carbocycles. The first-order valence-electron chi connectivity index (χ1n) is 10.9. The first kappa shape index (κ1) is 23.2. The van der Waals surface area contributed by atoms with Crippen LogP contribution in [0.3, 0.4) is 0 Å². The Morgan fingerprint density at radius 2 is 1.60 bits per heavy atom. The summed E-state index contributed by atoms with van der Waals surface area (Å²) in [7, 11) is -1.56. The number of fused-ring (bicyclic) bond motifs is 2. The first-order chi connectivity index (χ1) is 14.2. The van der Waals surface area contributed by atoms with Crippen molar-refractivity contribution in [3.05, 3.63) is 63.2 Å². The van der Waals surface area contributed by atoms with E-state index in [1.807, 2.05) is 0 Å². The van der Waals surface area contributed by atoms with Crippen LogP contribution in [0.5, 0.6) is 5.75 Å². The van der Waals surface area contributed by atoms with Gasteiger partial charge in [0.25, 0.3) is 0 Å². The highest BCUT2D eigenvalue weighted by Crippen LogP contribution is 2.49. The van der Waals surface area contributed by atoms with Crippen LogP contribution in [0.2, 0.25) is 0 Å². The predicted molar refractivity (Wildman–Crippen MR) is 125 cm³/mol. The number of hydrogen-bond acceptors (Lipinski definition) is 4. The smallest absolute Gasteiger partial charge is 0.397 e. The lowest BCUT2D eigenvalue weighted by Gasteiger charge is -2.28. The van der Waals surface area contributed by atoms with Crippen LogP contribution in [0.1, 0.15) is 78.5 Å². The van der Waals surface area contributed by atoms with Crippen molar-refractivity contribution in [3.63, 3.8) is 0 Å². The largest absolute Gasteiger partial charge is 0.426 e. The van der Waals surface area contributed by atoms with Gasteiger partial charge < -0.3 is 14.8 Å². The van der Waals surface area contributed by atoms with E-state index in [0.717, 1.165) is 24.2 Å². The summed E-state index contributed by atoms with van der Waals surface area (Å²) in [5, 5.41) is 0. The quantitative estimate of drug-likeness (QED) is 0.535. The zero-order valence-electron chi connectivity index (χ0n) is 19.5. The Morgan fingerprint density at radius 1 is 1.00 bits per heavy atom. The van der Waals surface area contributed by atoms with Crippen molar-refractivity contribution in [2.75, 3.05) is 6.61 Å². The van der Waals surface area contributed by atoms with Crippen molar-refractivity contribution in [2.24, 2.45) is 5.73 Å². The van der Waals surface area contributed by atoms with E-state index in [4.69, 9.17) is 19.3 Å². The number of aryl methyl sites for hydroxylation is 4. The average molecular weight is 430 g/mol. The highest BCUT2D eigenvalue weighted by molar-refractivity contribution is 7.42. The lowest BCUT2D eigenvalue weighted by molar-refractivity contribution is 0.155. The molecule has 2 atom stereocenters. The summed E-state index contributed by atoms with van der Waals surface area (Å²) in [5.41, 5.74) is 14.7. The molecule has 0 spiro atoms. The Hall–Kier alpha value is -1.45. The molecule has 4 nitrogen and oxygen atoms in total. The molecule has 1 heterocycles. The minimum atomic E-state index is -1.56. The first-order valence-corrected chi connectivity index (χ1v) is 12.0. The minimum absolute atomic E-state index is 0.200. The second-order valence-corrected chi connectivity index (χ2v) is 9.95. The molecule has 1 aliphatic heterocycles. The van der Waals surface area contributed by atoms with Gasteiger partial charge in [-0.15, -0.1) is 0 Å². The monoisotopic (exact) mass is 429 g/mol. The van der Waals surface area contributed by atoms with Crippen LogP contribution in [0.4, 0.5) is 0 Å². The lowest BCUT2D eigenvalue weighted by Crippen LogP contribution is -2.42. The summed E-state index contributed by atoms with van der Waals surface area (Å²) in [5.74, 6) is 1.08. The van der Waals surface area contributed by atoms with E-state index < -0.39 is 8.60 Å². The summed E-state index contributed by atoms with van der Waals surface area (Å²) in [6.07, 6.45) is 1.69. The van der Waals surface area contributed by atoms with Gasteiger partial charge in [0, 0.05) is 17.0 Å². The van der Waals surface area contributed by atoms with E-state index in [1.54, 1.807) is 0 Å². The van der Waals surface area contributed by atoms with Crippen molar-refractivity contribution >= 4 is 8.60 Å². The zero-order chi connectivity index (χ0) is 22.1. The molecule has 2 N–H and O–H groups in total. The molecule has 0 saturated heterocycles.